The van der Waals surface area contributed by atoms with E-state index in [9.17, 15) is 9.59 Å². The third-order valence-corrected chi connectivity index (χ3v) is 2.88. The molecule has 0 aliphatic heterocycles. The molecule has 1 heterocycles. The SMILES string of the molecule is C#CC(=O)Nc1cc(C)c(C(=O)OCC)s1. The van der Waals surface area contributed by atoms with Crippen molar-refractivity contribution < 1.29 is 14.3 Å². The molecule has 0 saturated heterocycles. The topological polar surface area (TPSA) is 55.4 Å². The second-order valence-electron chi connectivity index (χ2n) is 2.94. The van der Waals surface area contributed by atoms with Gasteiger partial charge in [-0.1, -0.05) is 0 Å². The van der Waals surface area contributed by atoms with Crippen molar-refractivity contribution in [3.63, 3.8) is 0 Å². The molecule has 1 aromatic heterocycles. The Hall–Kier alpha value is -1.80. The van der Waals surface area contributed by atoms with E-state index in [2.05, 4.69) is 5.32 Å². The molecule has 0 bridgehead atoms. The first-order valence-electron chi connectivity index (χ1n) is 4.63. The number of amides is 1. The minimum Gasteiger partial charge on any atom is -0.462 e. The third-order valence-electron chi connectivity index (χ3n) is 1.75. The summed E-state index contributed by atoms with van der Waals surface area (Å²) in [5.74, 6) is 1.02. The molecule has 0 fully saturated rings. The number of hydrogen-bond acceptors (Lipinski definition) is 4. The fraction of sp³-hybridized carbons (Fsp3) is 0.273. The van der Waals surface area contributed by atoms with Gasteiger partial charge in [0.1, 0.15) is 4.88 Å². The van der Waals surface area contributed by atoms with Gasteiger partial charge in [-0.15, -0.1) is 17.8 Å². The van der Waals surface area contributed by atoms with Crippen molar-refractivity contribution in [1.29, 1.82) is 0 Å². The molecule has 0 aromatic carbocycles. The molecule has 0 atom stereocenters. The molecule has 5 heteroatoms. The average molecular weight is 237 g/mol. The minimum atomic E-state index is -0.531. The number of rotatable bonds is 3. The van der Waals surface area contributed by atoms with Gasteiger partial charge >= 0.3 is 11.9 Å². The zero-order valence-electron chi connectivity index (χ0n) is 8.99. The Morgan fingerprint density at radius 2 is 2.31 bits per heavy atom. The Morgan fingerprint density at radius 3 is 2.88 bits per heavy atom. The van der Waals surface area contributed by atoms with E-state index >= 15 is 0 Å². The van der Waals surface area contributed by atoms with Gasteiger partial charge in [0.05, 0.1) is 11.6 Å². The fourth-order valence-electron chi connectivity index (χ4n) is 1.09. The molecule has 0 aliphatic rings. The summed E-state index contributed by atoms with van der Waals surface area (Å²) in [5.41, 5.74) is 0.760. The number of terminal acetylenes is 1. The van der Waals surface area contributed by atoms with Crippen molar-refractivity contribution in [1.82, 2.24) is 0 Å². The fourth-order valence-corrected chi connectivity index (χ4v) is 2.05. The van der Waals surface area contributed by atoms with Crippen LogP contribution in [0.15, 0.2) is 6.07 Å². The molecular formula is C11H11NO3S. The third kappa shape index (κ3) is 2.84. The highest BCUT2D eigenvalue weighted by Gasteiger charge is 2.15. The maximum absolute atomic E-state index is 11.5. The number of thiophene rings is 1. The van der Waals surface area contributed by atoms with Crippen LogP contribution in [0.1, 0.15) is 22.2 Å². The van der Waals surface area contributed by atoms with Crippen LogP contribution in [0, 0.1) is 19.3 Å². The molecular weight excluding hydrogens is 226 g/mol. The van der Waals surface area contributed by atoms with Gasteiger partial charge in [0, 0.05) is 0 Å². The van der Waals surface area contributed by atoms with Crippen LogP contribution in [0.5, 0.6) is 0 Å². The monoisotopic (exact) mass is 237 g/mol. The molecule has 16 heavy (non-hydrogen) atoms. The molecule has 1 amide bonds. The number of aryl methyl sites for hydroxylation is 1. The van der Waals surface area contributed by atoms with Crippen LogP contribution in [0.4, 0.5) is 5.00 Å². The molecule has 0 saturated carbocycles. The van der Waals surface area contributed by atoms with Crippen molar-refractivity contribution in [2.75, 3.05) is 11.9 Å². The Balaban J connectivity index is 2.86. The Bertz CT molecular complexity index is 456. The van der Waals surface area contributed by atoms with Crippen LogP contribution in [-0.2, 0) is 9.53 Å². The summed E-state index contributed by atoms with van der Waals surface area (Å²) in [6, 6.07) is 1.69. The lowest BCUT2D eigenvalue weighted by Crippen LogP contribution is -2.06. The minimum absolute atomic E-state index is 0.322. The number of hydrogen-bond donors (Lipinski definition) is 1. The maximum atomic E-state index is 11.5. The second kappa shape index (κ2) is 5.33. The summed E-state index contributed by atoms with van der Waals surface area (Å²) in [5, 5.41) is 3.03. The van der Waals surface area contributed by atoms with Crippen molar-refractivity contribution in [3.8, 4) is 12.3 Å². The van der Waals surface area contributed by atoms with E-state index in [4.69, 9.17) is 11.2 Å². The Labute approximate surface area is 97.6 Å². The number of nitrogens with one attached hydrogen (secondary N) is 1. The van der Waals surface area contributed by atoms with E-state index in [1.54, 1.807) is 19.9 Å². The van der Waals surface area contributed by atoms with Crippen molar-refractivity contribution in [3.05, 3.63) is 16.5 Å². The molecule has 0 unspecified atom stereocenters. The lowest BCUT2D eigenvalue weighted by molar-refractivity contribution is -0.111. The predicted octanol–water partition coefficient (Wildman–Crippen LogP) is 1.80. The summed E-state index contributed by atoms with van der Waals surface area (Å²) >= 11 is 1.15. The number of ether oxygens (including phenoxy) is 1. The van der Waals surface area contributed by atoms with Gasteiger partial charge in [0.2, 0.25) is 0 Å². The van der Waals surface area contributed by atoms with Gasteiger partial charge in [-0.3, -0.25) is 4.79 Å². The van der Waals surface area contributed by atoms with Crippen LogP contribution in [0.25, 0.3) is 0 Å². The van der Waals surface area contributed by atoms with E-state index in [-0.39, 0.29) is 5.97 Å². The highest BCUT2D eigenvalue weighted by atomic mass is 32.1. The number of esters is 1. The van der Waals surface area contributed by atoms with Crippen molar-refractivity contribution in [2.24, 2.45) is 0 Å². The molecule has 0 aliphatic carbocycles. The largest absolute Gasteiger partial charge is 0.462 e. The molecule has 0 radical (unpaired) electrons. The average Bonchev–Trinajstić information content (AvgIpc) is 2.59. The van der Waals surface area contributed by atoms with Crippen LogP contribution in [0.3, 0.4) is 0 Å². The standard InChI is InChI=1S/C11H11NO3S/c1-4-8(13)12-9-6-7(3)10(16-9)11(14)15-5-2/h1,6H,5H2,2-3H3,(H,12,13). The molecule has 84 valence electrons. The number of carbonyl (C=O) groups excluding carboxylic acids is 2. The zero-order valence-corrected chi connectivity index (χ0v) is 9.81. The molecule has 0 spiro atoms. The lowest BCUT2D eigenvalue weighted by atomic mass is 10.3. The molecule has 4 nitrogen and oxygen atoms in total. The predicted molar refractivity (Wildman–Crippen MR) is 62.5 cm³/mol. The maximum Gasteiger partial charge on any atom is 0.348 e. The molecule has 1 N–H and O–H groups in total. The van der Waals surface area contributed by atoms with Crippen LogP contribution in [0.2, 0.25) is 0 Å². The molecule has 1 rings (SSSR count). The second-order valence-corrected chi connectivity index (χ2v) is 3.99. The number of anilines is 1. The molecule has 1 aromatic rings. The lowest BCUT2D eigenvalue weighted by Gasteiger charge is -1.98. The van der Waals surface area contributed by atoms with E-state index < -0.39 is 5.91 Å². The number of carbonyl (C=O) groups is 2. The van der Waals surface area contributed by atoms with Gasteiger partial charge in [-0.2, -0.15) is 0 Å². The van der Waals surface area contributed by atoms with Crippen LogP contribution in [-0.4, -0.2) is 18.5 Å². The van der Waals surface area contributed by atoms with Crippen molar-refractivity contribution in [2.45, 2.75) is 13.8 Å². The highest BCUT2D eigenvalue weighted by Crippen LogP contribution is 2.27. The summed E-state index contributed by atoms with van der Waals surface area (Å²) < 4.78 is 4.87. The van der Waals surface area contributed by atoms with Gasteiger partial charge in [0.25, 0.3) is 0 Å². The summed E-state index contributed by atoms with van der Waals surface area (Å²) in [6.45, 7) is 3.83. The van der Waals surface area contributed by atoms with Gasteiger partial charge in [0.15, 0.2) is 0 Å². The summed E-state index contributed by atoms with van der Waals surface area (Å²) in [6.07, 6.45) is 4.92. The van der Waals surface area contributed by atoms with Gasteiger partial charge in [-0.25, -0.2) is 4.79 Å². The highest BCUT2D eigenvalue weighted by molar-refractivity contribution is 7.18. The Kier molecular flexibility index (Phi) is 4.09. The smallest absolute Gasteiger partial charge is 0.348 e. The van der Waals surface area contributed by atoms with E-state index in [0.29, 0.717) is 16.5 Å². The quantitative estimate of drug-likeness (QED) is 0.644. The van der Waals surface area contributed by atoms with E-state index in [0.717, 1.165) is 16.9 Å². The van der Waals surface area contributed by atoms with Crippen LogP contribution >= 0.6 is 11.3 Å². The summed E-state index contributed by atoms with van der Waals surface area (Å²) in [7, 11) is 0. The Morgan fingerprint density at radius 1 is 1.62 bits per heavy atom. The zero-order chi connectivity index (χ0) is 12.1. The van der Waals surface area contributed by atoms with E-state index in [1.807, 2.05) is 5.92 Å². The first-order valence-corrected chi connectivity index (χ1v) is 5.45. The van der Waals surface area contributed by atoms with Gasteiger partial charge in [-0.05, 0) is 31.4 Å². The van der Waals surface area contributed by atoms with Crippen molar-refractivity contribution >= 4 is 28.2 Å². The van der Waals surface area contributed by atoms with Gasteiger partial charge < -0.3 is 10.1 Å². The summed E-state index contributed by atoms with van der Waals surface area (Å²) in [4.78, 5) is 22.9. The first-order chi connectivity index (χ1) is 7.58. The first kappa shape index (κ1) is 12.3. The van der Waals surface area contributed by atoms with E-state index in [1.165, 1.54) is 0 Å². The normalized spacial score (nSPS) is 9.31. The van der Waals surface area contributed by atoms with Crippen LogP contribution < -0.4 is 5.32 Å².